The van der Waals surface area contributed by atoms with Crippen molar-refractivity contribution in [3.63, 3.8) is 0 Å². The molecular formula is C20H21N3O2S2. The van der Waals surface area contributed by atoms with Crippen molar-refractivity contribution in [3.8, 4) is 0 Å². The van der Waals surface area contributed by atoms with E-state index in [0.717, 1.165) is 16.7 Å². The zero-order valence-corrected chi connectivity index (χ0v) is 16.7. The molecule has 3 rings (SSSR count). The van der Waals surface area contributed by atoms with Crippen molar-refractivity contribution in [1.82, 2.24) is 14.8 Å². The zero-order valence-electron chi connectivity index (χ0n) is 14.9. The summed E-state index contributed by atoms with van der Waals surface area (Å²) in [5.74, 6) is 0.308. The largest absolute Gasteiger partial charge is 0.478 e. The van der Waals surface area contributed by atoms with Gasteiger partial charge in [-0.15, -0.1) is 0 Å². The van der Waals surface area contributed by atoms with E-state index in [9.17, 15) is 4.79 Å². The number of benzene rings is 2. The van der Waals surface area contributed by atoms with Crippen LogP contribution in [0.1, 0.15) is 39.8 Å². The van der Waals surface area contributed by atoms with Crippen LogP contribution in [0.4, 0.5) is 0 Å². The molecule has 27 heavy (non-hydrogen) atoms. The lowest BCUT2D eigenvalue weighted by Gasteiger charge is -2.15. The van der Waals surface area contributed by atoms with Gasteiger partial charge in [0, 0.05) is 5.75 Å². The van der Waals surface area contributed by atoms with Crippen molar-refractivity contribution >= 4 is 31.2 Å². The Balaban J connectivity index is 1.67. The molecule has 0 saturated carbocycles. The molecule has 1 heterocycles. The minimum Gasteiger partial charge on any atom is -0.478 e. The highest BCUT2D eigenvalue weighted by Crippen LogP contribution is 2.25. The predicted octanol–water partition coefficient (Wildman–Crippen LogP) is 3.69. The summed E-state index contributed by atoms with van der Waals surface area (Å²) in [6.07, 6.45) is 2.40. The Morgan fingerprint density at radius 3 is 2.52 bits per heavy atom. The normalized spacial score (nSPS) is 13.3. The Morgan fingerprint density at radius 1 is 1.15 bits per heavy atom. The molecule has 0 saturated heterocycles. The van der Waals surface area contributed by atoms with E-state index in [0.29, 0.717) is 30.1 Å². The van der Waals surface area contributed by atoms with Crippen molar-refractivity contribution in [3.05, 3.63) is 82.9 Å². The average molecular weight is 400 g/mol. The lowest BCUT2D eigenvalue weighted by Crippen LogP contribution is -2.18. The van der Waals surface area contributed by atoms with E-state index in [1.807, 2.05) is 13.0 Å². The summed E-state index contributed by atoms with van der Waals surface area (Å²) < 4.78 is 1.33. The summed E-state index contributed by atoms with van der Waals surface area (Å²) in [6, 6.07) is 15.2. The van der Waals surface area contributed by atoms with Crippen LogP contribution >= 0.6 is 25.3 Å². The van der Waals surface area contributed by atoms with Gasteiger partial charge in [-0.25, -0.2) is 14.5 Å². The van der Waals surface area contributed by atoms with Gasteiger partial charge in [-0.05, 0) is 42.2 Å². The van der Waals surface area contributed by atoms with E-state index in [2.05, 4.69) is 59.6 Å². The fourth-order valence-electron chi connectivity index (χ4n) is 2.69. The number of hydrogen-bond donors (Lipinski definition) is 3. The lowest BCUT2D eigenvalue weighted by molar-refractivity contribution is 0.0696. The maximum atomic E-state index is 11.1. The number of aromatic carboxylic acids is 1. The quantitative estimate of drug-likeness (QED) is 0.530. The van der Waals surface area contributed by atoms with Crippen molar-refractivity contribution in [2.24, 2.45) is 0 Å². The van der Waals surface area contributed by atoms with Crippen LogP contribution < -0.4 is 0 Å². The highest BCUT2D eigenvalue weighted by molar-refractivity contribution is 7.85. The van der Waals surface area contributed by atoms with Gasteiger partial charge < -0.3 is 5.11 Å². The van der Waals surface area contributed by atoms with E-state index >= 15 is 0 Å². The second kappa shape index (κ2) is 8.19. The molecule has 7 heteroatoms. The Morgan fingerprint density at radius 2 is 1.85 bits per heavy atom. The third kappa shape index (κ3) is 4.93. The fourth-order valence-corrected chi connectivity index (χ4v) is 2.93. The van der Waals surface area contributed by atoms with Gasteiger partial charge >= 0.3 is 5.97 Å². The first-order valence-corrected chi connectivity index (χ1v) is 9.58. The van der Waals surface area contributed by atoms with E-state index in [1.165, 1.54) is 0 Å². The number of rotatable bonds is 7. The van der Waals surface area contributed by atoms with Crippen LogP contribution in [0.2, 0.25) is 0 Å². The molecule has 1 N–H and O–H groups in total. The van der Waals surface area contributed by atoms with Gasteiger partial charge in [-0.3, -0.25) is 0 Å². The van der Waals surface area contributed by atoms with Crippen LogP contribution in [0, 0.1) is 0 Å². The molecule has 140 valence electrons. The number of hydrogen-bond acceptors (Lipinski definition) is 5. The molecule has 0 aliphatic rings. The molecule has 1 aromatic heterocycles. The Kier molecular flexibility index (Phi) is 5.92. The molecule has 0 bridgehead atoms. The van der Waals surface area contributed by atoms with E-state index in [4.69, 9.17) is 5.11 Å². The third-order valence-corrected chi connectivity index (χ3v) is 5.52. The van der Waals surface area contributed by atoms with Crippen molar-refractivity contribution in [1.29, 1.82) is 0 Å². The first-order valence-electron chi connectivity index (χ1n) is 8.50. The summed E-state index contributed by atoms with van der Waals surface area (Å²) in [7, 11) is 0. The predicted molar refractivity (Wildman–Crippen MR) is 112 cm³/mol. The summed E-state index contributed by atoms with van der Waals surface area (Å²) in [6.45, 7) is 2.56. The molecular weight excluding hydrogens is 378 g/mol. The molecule has 0 aliphatic heterocycles. The number of carboxylic acids is 1. The molecule has 0 fully saturated rings. The van der Waals surface area contributed by atoms with Gasteiger partial charge in [-0.2, -0.15) is 30.4 Å². The molecule has 0 aliphatic carbocycles. The maximum Gasteiger partial charge on any atom is 0.335 e. The molecule has 0 radical (unpaired) electrons. The summed E-state index contributed by atoms with van der Waals surface area (Å²) in [5.41, 5.74) is 3.52. The molecule has 3 aromatic rings. The smallest absolute Gasteiger partial charge is 0.335 e. The van der Waals surface area contributed by atoms with Gasteiger partial charge in [0.25, 0.3) is 0 Å². The molecule has 2 aromatic carbocycles. The van der Waals surface area contributed by atoms with Crippen molar-refractivity contribution < 1.29 is 9.90 Å². The minimum atomic E-state index is -0.908. The van der Waals surface area contributed by atoms with Crippen LogP contribution in [0.3, 0.4) is 0 Å². The second-order valence-electron chi connectivity index (χ2n) is 6.70. The van der Waals surface area contributed by atoms with E-state index in [-0.39, 0.29) is 0 Å². The Labute approximate surface area is 169 Å². The van der Waals surface area contributed by atoms with Gasteiger partial charge in [0.2, 0.25) is 0 Å². The fraction of sp³-hybridized carbons (Fsp3) is 0.250. The van der Waals surface area contributed by atoms with Crippen LogP contribution in [0.25, 0.3) is 0 Å². The zero-order chi connectivity index (χ0) is 19.4. The summed E-state index contributed by atoms with van der Waals surface area (Å²) >= 11 is 8.84. The molecule has 0 spiro atoms. The number of carboxylic acid groups (broad SMARTS) is 1. The summed E-state index contributed by atoms with van der Waals surface area (Å²) in [5, 5.41) is 13.6. The lowest BCUT2D eigenvalue weighted by atomic mass is 10.0. The van der Waals surface area contributed by atoms with Crippen molar-refractivity contribution in [2.45, 2.75) is 24.6 Å². The van der Waals surface area contributed by atoms with Crippen LogP contribution in [0.15, 0.2) is 54.9 Å². The minimum absolute atomic E-state index is 0.309. The van der Waals surface area contributed by atoms with E-state index in [1.54, 1.807) is 29.2 Å². The molecule has 1 unspecified atom stereocenters. The number of nitrogens with zero attached hydrogens (tertiary/aromatic N) is 3. The number of carbonyl (C=O) groups is 1. The van der Waals surface area contributed by atoms with Gasteiger partial charge in [-0.1, -0.05) is 36.4 Å². The highest BCUT2D eigenvalue weighted by Gasteiger charge is 2.24. The molecule has 0 amide bonds. The maximum absolute atomic E-state index is 11.1. The third-order valence-electron chi connectivity index (χ3n) is 4.28. The average Bonchev–Trinajstić information content (AvgIpc) is 3.13. The van der Waals surface area contributed by atoms with Gasteiger partial charge in [0.1, 0.15) is 6.33 Å². The van der Waals surface area contributed by atoms with E-state index < -0.39 is 10.7 Å². The number of thiol groups is 2. The SMILES string of the molecule is CC(S)(CS)c1ncn(Cc2ccc(Cc3cccc(C(=O)O)c3)cc2)n1. The van der Waals surface area contributed by atoms with Crippen LogP contribution in [0.5, 0.6) is 0 Å². The topological polar surface area (TPSA) is 68.0 Å². The number of aromatic nitrogens is 3. The van der Waals surface area contributed by atoms with Crippen LogP contribution in [-0.4, -0.2) is 31.6 Å². The van der Waals surface area contributed by atoms with Crippen molar-refractivity contribution in [2.75, 3.05) is 5.75 Å². The first kappa shape index (κ1) is 19.5. The second-order valence-corrected chi connectivity index (χ2v) is 8.00. The van der Waals surface area contributed by atoms with Crippen LogP contribution in [-0.2, 0) is 17.7 Å². The highest BCUT2D eigenvalue weighted by atomic mass is 32.1. The molecule has 1 atom stereocenters. The Hall–Kier alpha value is -2.25. The van der Waals surface area contributed by atoms with Gasteiger partial charge in [0.15, 0.2) is 5.82 Å². The van der Waals surface area contributed by atoms with Gasteiger partial charge in [0.05, 0.1) is 16.9 Å². The Bertz CT molecular complexity index is 936. The summed E-state index contributed by atoms with van der Waals surface area (Å²) in [4.78, 5) is 15.4. The standard InChI is InChI=1S/C20H21N3O2S2/c1-20(27,12-26)19-21-13-23(22-19)11-15-7-5-14(6-8-15)9-16-3-2-4-17(10-16)18(24)25/h2-8,10,13,26-27H,9,11-12H2,1H3,(H,24,25). The molecule has 5 nitrogen and oxygen atoms in total. The monoisotopic (exact) mass is 399 g/mol. The first-order chi connectivity index (χ1) is 12.9.